The Morgan fingerprint density at radius 3 is 2.64 bits per heavy atom. The maximum absolute atomic E-state index is 12.3. The van der Waals surface area contributed by atoms with Gasteiger partial charge in [-0.3, -0.25) is 14.2 Å². The molecule has 0 aliphatic rings. The van der Waals surface area contributed by atoms with Crippen LogP contribution < -0.4 is 5.32 Å². The molecule has 0 fully saturated rings. The van der Waals surface area contributed by atoms with Gasteiger partial charge in [-0.1, -0.05) is 20.8 Å². The predicted molar refractivity (Wildman–Crippen MR) is 88.3 cm³/mol. The van der Waals surface area contributed by atoms with Gasteiger partial charge in [-0.2, -0.15) is 10.2 Å². The van der Waals surface area contributed by atoms with Crippen LogP contribution in [0.3, 0.4) is 0 Å². The highest BCUT2D eigenvalue weighted by molar-refractivity contribution is 9.10. The summed E-state index contributed by atoms with van der Waals surface area (Å²) in [4.78, 5) is 12.3. The fraction of sp³-hybridized carbons (Fsp3) is 0.533. The van der Waals surface area contributed by atoms with Crippen molar-refractivity contribution in [2.75, 3.05) is 0 Å². The molecule has 0 saturated carbocycles. The first-order valence-corrected chi connectivity index (χ1v) is 8.01. The van der Waals surface area contributed by atoms with Crippen LogP contribution >= 0.6 is 15.9 Å². The second kappa shape index (κ2) is 6.64. The van der Waals surface area contributed by atoms with E-state index in [9.17, 15) is 4.79 Å². The van der Waals surface area contributed by atoms with Crippen molar-refractivity contribution in [2.45, 2.75) is 46.8 Å². The van der Waals surface area contributed by atoms with E-state index in [0.29, 0.717) is 6.54 Å². The Balaban J connectivity index is 2.01. The third kappa shape index (κ3) is 4.43. The SMILES string of the molecule is Cc1nn(CC(=O)N[C@@H](Cn2cccn2)C(C)(C)C)cc1Br. The fourth-order valence-corrected chi connectivity index (χ4v) is 2.41. The first kappa shape index (κ1) is 16.7. The third-order valence-corrected chi connectivity index (χ3v) is 4.28. The lowest BCUT2D eigenvalue weighted by atomic mass is 9.86. The number of carbonyl (C=O) groups is 1. The predicted octanol–water partition coefficient (Wildman–Crippen LogP) is 2.38. The van der Waals surface area contributed by atoms with E-state index in [1.54, 1.807) is 10.9 Å². The summed E-state index contributed by atoms with van der Waals surface area (Å²) in [6.45, 7) is 9.07. The highest BCUT2D eigenvalue weighted by atomic mass is 79.9. The Morgan fingerprint density at radius 1 is 1.41 bits per heavy atom. The zero-order valence-corrected chi connectivity index (χ0v) is 15.0. The number of aromatic nitrogens is 4. The zero-order chi connectivity index (χ0) is 16.3. The lowest BCUT2D eigenvalue weighted by Gasteiger charge is -2.31. The molecule has 120 valence electrons. The maximum Gasteiger partial charge on any atom is 0.242 e. The number of carbonyl (C=O) groups excluding carboxylic acids is 1. The Hall–Kier alpha value is -1.63. The van der Waals surface area contributed by atoms with Crippen molar-refractivity contribution >= 4 is 21.8 Å². The molecule has 22 heavy (non-hydrogen) atoms. The average Bonchev–Trinajstić information content (AvgIpc) is 2.99. The van der Waals surface area contributed by atoms with Gasteiger partial charge < -0.3 is 5.32 Å². The molecule has 0 saturated heterocycles. The van der Waals surface area contributed by atoms with Crippen LogP contribution in [0.25, 0.3) is 0 Å². The monoisotopic (exact) mass is 367 g/mol. The summed E-state index contributed by atoms with van der Waals surface area (Å²) in [5.74, 6) is -0.0536. The standard InChI is InChI=1S/C15H22BrN5O/c1-11-12(16)8-21(19-11)10-14(22)18-13(15(2,3)4)9-20-7-5-6-17-20/h5-8,13H,9-10H2,1-4H3,(H,18,22)/t13-/m0/s1. The summed E-state index contributed by atoms with van der Waals surface area (Å²) in [5, 5.41) is 11.6. The van der Waals surface area contributed by atoms with Crippen LogP contribution in [0.15, 0.2) is 29.1 Å². The van der Waals surface area contributed by atoms with Crippen molar-refractivity contribution in [1.82, 2.24) is 24.9 Å². The van der Waals surface area contributed by atoms with E-state index in [4.69, 9.17) is 0 Å². The Morgan fingerprint density at radius 2 is 2.14 bits per heavy atom. The van der Waals surface area contributed by atoms with Gasteiger partial charge in [-0.15, -0.1) is 0 Å². The van der Waals surface area contributed by atoms with Gasteiger partial charge in [0.15, 0.2) is 0 Å². The van der Waals surface area contributed by atoms with Crippen LogP contribution in [-0.4, -0.2) is 31.5 Å². The molecule has 2 rings (SSSR count). The molecule has 1 N–H and O–H groups in total. The van der Waals surface area contributed by atoms with Crippen molar-refractivity contribution in [3.05, 3.63) is 34.8 Å². The normalized spacial score (nSPS) is 13.1. The number of aryl methyl sites for hydroxylation is 1. The van der Waals surface area contributed by atoms with E-state index in [1.807, 2.05) is 30.1 Å². The van der Waals surface area contributed by atoms with Gasteiger partial charge in [0, 0.05) is 18.6 Å². The van der Waals surface area contributed by atoms with Gasteiger partial charge in [-0.05, 0) is 34.3 Å². The number of hydrogen-bond acceptors (Lipinski definition) is 3. The molecule has 0 aliphatic heterocycles. The molecule has 0 radical (unpaired) electrons. The average molecular weight is 368 g/mol. The lowest BCUT2D eigenvalue weighted by Crippen LogP contribution is -2.47. The first-order chi connectivity index (χ1) is 10.3. The minimum Gasteiger partial charge on any atom is -0.349 e. The maximum atomic E-state index is 12.3. The topological polar surface area (TPSA) is 64.7 Å². The second-order valence-electron chi connectivity index (χ2n) is 6.47. The second-order valence-corrected chi connectivity index (χ2v) is 7.33. The lowest BCUT2D eigenvalue weighted by molar-refractivity contribution is -0.123. The number of rotatable bonds is 5. The highest BCUT2D eigenvalue weighted by Crippen LogP contribution is 2.20. The minimum atomic E-state index is -0.0672. The third-order valence-electron chi connectivity index (χ3n) is 3.50. The van der Waals surface area contributed by atoms with E-state index in [0.717, 1.165) is 10.2 Å². The minimum absolute atomic E-state index is 0.0139. The van der Waals surface area contributed by atoms with Crippen molar-refractivity contribution in [1.29, 1.82) is 0 Å². The highest BCUT2D eigenvalue weighted by Gasteiger charge is 2.27. The van der Waals surface area contributed by atoms with Gasteiger partial charge in [-0.25, -0.2) is 0 Å². The number of hydrogen-bond donors (Lipinski definition) is 1. The number of nitrogens with zero attached hydrogens (tertiary/aromatic N) is 4. The molecule has 2 aromatic heterocycles. The number of halogens is 1. The van der Waals surface area contributed by atoms with Crippen LogP contribution in [-0.2, 0) is 17.9 Å². The Kier molecular flexibility index (Phi) is 5.05. The van der Waals surface area contributed by atoms with Gasteiger partial charge in [0.05, 0.1) is 22.8 Å². The quantitative estimate of drug-likeness (QED) is 0.881. The summed E-state index contributed by atoms with van der Waals surface area (Å²) in [6, 6.07) is 1.87. The first-order valence-electron chi connectivity index (χ1n) is 7.22. The van der Waals surface area contributed by atoms with Crippen molar-refractivity contribution in [2.24, 2.45) is 5.41 Å². The zero-order valence-electron chi connectivity index (χ0n) is 13.4. The number of amides is 1. The molecule has 0 aliphatic carbocycles. The molecule has 2 aromatic rings. The summed E-state index contributed by atoms with van der Waals surface area (Å²) in [6.07, 6.45) is 5.46. The van der Waals surface area contributed by atoms with Crippen LogP contribution in [0.5, 0.6) is 0 Å². The molecule has 1 amide bonds. The molecule has 0 unspecified atom stereocenters. The largest absolute Gasteiger partial charge is 0.349 e. The van der Waals surface area contributed by atoms with Crippen molar-refractivity contribution < 1.29 is 4.79 Å². The van der Waals surface area contributed by atoms with Gasteiger partial charge >= 0.3 is 0 Å². The Labute approximate surface area is 139 Å². The van der Waals surface area contributed by atoms with Crippen LogP contribution in [0.1, 0.15) is 26.5 Å². The van der Waals surface area contributed by atoms with Gasteiger partial charge in [0.2, 0.25) is 5.91 Å². The molecule has 6 nitrogen and oxygen atoms in total. The Bertz CT molecular complexity index is 607. The van der Waals surface area contributed by atoms with Crippen LogP contribution in [0, 0.1) is 12.3 Å². The molecule has 2 heterocycles. The molecule has 1 atom stereocenters. The summed E-state index contributed by atoms with van der Waals surface area (Å²) >= 11 is 3.40. The van der Waals surface area contributed by atoms with Gasteiger partial charge in [0.25, 0.3) is 0 Å². The van der Waals surface area contributed by atoms with Crippen LogP contribution in [0.4, 0.5) is 0 Å². The van der Waals surface area contributed by atoms with E-state index < -0.39 is 0 Å². The molecule has 0 spiro atoms. The fourth-order valence-electron chi connectivity index (χ4n) is 2.09. The smallest absolute Gasteiger partial charge is 0.242 e. The summed E-state index contributed by atoms with van der Waals surface area (Å²) < 4.78 is 4.39. The van der Waals surface area contributed by atoms with Crippen molar-refractivity contribution in [3.63, 3.8) is 0 Å². The number of nitrogens with one attached hydrogen (secondary N) is 1. The summed E-state index contributed by atoms with van der Waals surface area (Å²) in [7, 11) is 0. The van der Waals surface area contributed by atoms with E-state index in [-0.39, 0.29) is 23.9 Å². The van der Waals surface area contributed by atoms with E-state index in [1.165, 1.54) is 0 Å². The summed E-state index contributed by atoms with van der Waals surface area (Å²) in [5.41, 5.74) is 0.805. The van der Waals surface area contributed by atoms with E-state index in [2.05, 4.69) is 52.2 Å². The van der Waals surface area contributed by atoms with E-state index >= 15 is 0 Å². The molecular formula is C15H22BrN5O. The molecule has 0 aromatic carbocycles. The van der Waals surface area contributed by atoms with Gasteiger partial charge in [0.1, 0.15) is 6.54 Å². The molecule has 0 bridgehead atoms. The van der Waals surface area contributed by atoms with Crippen LogP contribution in [0.2, 0.25) is 0 Å². The molecule has 7 heteroatoms. The molecular weight excluding hydrogens is 346 g/mol. The van der Waals surface area contributed by atoms with Crippen molar-refractivity contribution in [3.8, 4) is 0 Å².